The predicted octanol–water partition coefficient (Wildman–Crippen LogP) is 4.03. The molecule has 0 heterocycles. The van der Waals surface area contributed by atoms with Crippen molar-refractivity contribution in [3.63, 3.8) is 0 Å². The van der Waals surface area contributed by atoms with E-state index in [2.05, 4.69) is 55.3 Å². The Morgan fingerprint density at radius 3 is 2.31 bits per heavy atom. The van der Waals surface area contributed by atoms with Gasteiger partial charge in [0.05, 0.1) is 13.2 Å². The zero-order valence-corrected chi connectivity index (χ0v) is 16.7. The first kappa shape index (κ1) is 20.0. The SMILES string of the molecule is COc1cccc(C(=O)NC[C@@H](c2ccc(C(C)(C)C)cc2)N(C)C)c1. The van der Waals surface area contributed by atoms with E-state index in [1.165, 1.54) is 11.1 Å². The molecule has 0 aromatic heterocycles. The van der Waals surface area contributed by atoms with Crippen LogP contribution in [0.4, 0.5) is 0 Å². The first-order valence-corrected chi connectivity index (χ1v) is 8.91. The van der Waals surface area contributed by atoms with Gasteiger partial charge in [-0.1, -0.05) is 51.1 Å². The summed E-state index contributed by atoms with van der Waals surface area (Å²) in [6.45, 7) is 7.16. The van der Waals surface area contributed by atoms with Crippen molar-refractivity contribution in [1.82, 2.24) is 10.2 Å². The van der Waals surface area contributed by atoms with E-state index in [4.69, 9.17) is 4.74 Å². The molecule has 2 rings (SSSR count). The number of benzene rings is 2. The van der Waals surface area contributed by atoms with Crippen LogP contribution in [0.1, 0.15) is 48.3 Å². The molecule has 1 amide bonds. The predicted molar refractivity (Wildman–Crippen MR) is 107 cm³/mol. The summed E-state index contributed by atoms with van der Waals surface area (Å²) in [5.41, 5.74) is 3.23. The van der Waals surface area contributed by atoms with Crippen molar-refractivity contribution in [2.45, 2.75) is 32.2 Å². The second-order valence-corrected chi connectivity index (χ2v) is 7.79. The van der Waals surface area contributed by atoms with Crippen LogP contribution in [0.5, 0.6) is 5.75 Å². The van der Waals surface area contributed by atoms with Gasteiger partial charge in [0.1, 0.15) is 5.75 Å². The van der Waals surface area contributed by atoms with Crippen molar-refractivity contribution in [2.75, 3.05) is 27.7 Å². The molecule has 1 N–H and O–H groups in total. The Morgan fingerprint density at radius 1 is 1.12 bits per heavy atom. The van der Waals surface area contributed by atoms with Crippen LogP contribution in [0.3, 0.4) is 0 Å². The molecule has 0 saturated carbocycles. The van der Waals surface area contributed by atoms with Crippen LogP contribution in [0.25, 0.3) is 0 Å². The molecule has 0 aliphatic carbocycles. The number of ether oxygens (including phenoxy) is 1. The molecule has 4 heteroatoms. The minimum Gasteiger partial charge on any atom is -0.497 e. The van der Waals surface area contributed by atoms with Crippen LogP contribution in [-0.4, -0.2) is 38.6 Å². The first-order chi connectivity index (χ1) is 12.2. The number of nitrogens with one attached hydrogen (secondary N) is 1. The molecule has 0 aliphatic rings. The van der Waals surface area contributed by atoms with Gasteiger partial charge in [0, 0.05) is 12.1 Å². The topological polar surface area (TPSA) is 41.6 Å². The number of rotatable bonds is 6. The lowest BCUT2D eigenvalue weighted by Crippen LogP contribution is -2.34. The molecule has 0 fully saturated rings. The molecule has 0 bridgehead atoms. The van der Waals surface area contributed by atoms with E-state index in [0.717, 1.165) is 0 Å². The molecule has 1 atom stereocenters. The highest BCUT2D eigenvalue weighted by atomic mass is 16.5. The Morgan fingerprint density at radius 2 is 1.77 bits per heavy atom. The number of likely N-dealkylation sites (N-methyl/N-ethyl adjacent to an activating group) is 1. The Hall–Kier alpha value is -2.33. The van der Waals surface area contributed by atoms with Gasteiger partial charge in [-0.3, -0.25) is 4.79 Å². The van der Waals surface area contributed by atoms with Crippen molar-refractivity contribution in [2.24, 2.45) is 0 Å². The Balaban J connectivity index is 2.09. The highest BCUT2D eigenvalue weighted by Crippen LogP contribution is 2.25. The van der Waals surface area contributed by atoms with Crippen LogP contribution >= 0.6 is 0 Å². The summed E-state index contributed by atoms with van der Waals surface area (Å²) in [4.78, 5) is 14.6. The van der Waals surface area contributed by atoms with Crippen molar-refractivity contribution in [3.05, 3.63) is 65.2 Å². The van der Waals surface area contributed by atoms with E-state index < -0.39 is 0 Å². The van der Waals surface area contributed by atoms with Crippen LogP contribution in [0.2, 0.25) is 0 Å². The molecule has 26 heavy (non-hydrogen) atoms. The van der Waals surface area contributed by atoms with E-state index >= 15 is 0 Å². The van der Waals surface area contributed by atoms with E-state index in [-0.39, 0.29) is 17.4 Å². The first-order valence-electron chi connectivity index (χ1n) is 8.91. The van der Waals surface area contributed by atoms with Gasteiger partial charge < -0.3 is 15.0 Å². The summed E-state index contributed by atoms with van der Waals surface area (Å²) < 4.78 is 5.19. The normalized spacial score (nSPS) is 12.7. The van der Waals surface area contributed by atoms with Crippen molar-refractivity contribution < 1.29 is 9.53 Å². The summed E-state index contributed by atoms with van der Waals surface area (Å²) >= 11 is 0. The van der Waals surface area contributed by atoms with Crippen molar-refractivity contribution in [1.29, 1.82) is 0 Å². The Labute approximate surface area is 157 Å². The highest BCUT2D eigenvalue weighted by Gasteiger charge is 2.18. The summed E-state index contributed by atoms with van der Waals surface area (Å²) in [5.74, 6) is 0.585. The number of hydrogen-bond donors (Lipinski definition) is 1. The minimum atomic E-state index is -0.0953. The second-order valence-electron chi connectivity index (χ2n) is 7.79. The highest BCUT2D eigenvalue weighted by molar-refractivity contribution is 5.94. The summed E-state index contributed by atoms with van der Waals surface area (Å²) in [6, 6.07) is 16.0. The van der Waals surface area contributed by atoms with E-state index in [1.807, 2.05) is 26.2 Å². The Bertz CT molecular complexity index is 731. The lowest BCUT2D eigenvalue weighted by atomic mass is 9.86. The number of nitrogens with zero attached hydrogens (tertiary/aromatic N) is 1. The zero-order valence-electron chi connectivity index (χ0n) is 16.7. The fourth-order valence-corrected chi connectivity index (χ4v) is 2.86. The average Bonchev–Trinajstić information content (AvgIpc) is 2.61. The molecule has 140 valence electrons. The van der Waals surface area contributed by atoms with Gasteiger partial charge in [0.2, 0.25) is 0 Å². The van der Waals surface area contributed by atoms with Gasteiger partial charge in [-0.2, -0.15) is 0 Å². The summed E-state index contributed by atoms with van der Waals surface area (Å²) in [5, 5.41) is 3.04. The standard InChI is InChI=1S/C22H30N2O2/c1-22(2,3)18-12-10-16(11-13-18)20(24(4)5)15-23-21(25)17-8-7-9-19(14-17)26-6/h7-14,20H,15H2,1-6H3,(H,23,25)/t20-/m0/s1. The van der Waals surface area contributed by atoms with E-state index in [0.29, 0.717) is 17.9 Å². The third-order valence-corrected chi connectivity index (χ3v) is 4.57. The molecule has 0 radical (unpaired) electrons. The smallest absolute Gasteiger partial charge is 0.251 e. The van der Waals surface area contributed by atoms with Gasteiger partial charge in [0.15, 0.2) is 0 Å². The molecule has 0 aliphatic heterocycles. The number of carbonyl (C=O) groups is 1. The molecule has 4 nitrogen and oxygen atoms in total. The molecule has 2 aromatic carbocycles. The van der Waals surface area contributed by atoms with Gasteiger partial charge in [-0.15, -0.1) is 0 Å². The number of methoxy groups -OCH3 is 1. The van der Waals surface area contributed by atoms with Gasteiger partial charge >= 0.3 is 0 Å². The molecule has 0 unspecified atom stereocenters. The molecule has 0 spiro atoms. The van der Waals surface area contributed by atoms with Gasteiger partial charge in [-0.25, -0.2) is 0 Å². The van der Waals surface area contributed by atoms with Crippen LogP contribution in [0, 0.1) is 0 Å². The fourth-order valence-electron chi connectivity index (χ4n) is 2.86. The van der Waals surface area contributed by atoms with Gasteiger partial charge in [0.25, 0.3) is 5.91 Å². The molecular weight excluding hydrogens is 324 g/mol. The summed E-state index contributed by atoms with van der Waals surface area (Å²) in [7, 11) is 5.65. The fraction of sp³-hybridized carbons (Fsp3) is 0.409. The van der Waals surface area contributed by atoms with E-state index in [1.54, 1.807) is 19.2 Å². The number of amides is 1. The third kappa shape index (κ3) is 5.09. The minimum absolute atomic E-state index is 0.0953. The van der Waals surface area contributed by atoms with Gasteiger partial charge in [-0.05, 0) is 48.8 Å². The lowest BCUT2D eigenvalue weighted by Gasteiger charge is -2.26. The van der Waals surface area contributed by atoms with Crippen LogP contribution in [0.15, 0.2) is 48.5 Å². The van der Waals surface area contributed by atoms with E-state index in [9.17, 15) is 4.79 Å². The lowest BCUT2D eigenvalue weighted by molar-refractivity contribution is 0.0941. The third-order valence-electron chi connectivity index (χ3n) is 4.57. The van der Waals surface area contributed by atoms with Crippen LogP contribution < -0.4 is 10.1 Å². The van der Waals surface area contributed by atoms with Crippen molar-refractivity contribution >= 4 is 5.91 Å². The average molecular weight is 354 g/mol. The Kier molecular flexibility index (Phi) is 6.43. The zero-order chi connectivity index (χ0) is 19.3. The largest absolute Gasteiger partial charge is 0.497 e. The maximum absolute atomic E-state index is 12.5. The summed E-state index contributed by atoms with van der Waals surface area (Å²) in [6.07, 6.45) is 0. The maximum Gasteiger partial charge on any atom is 0.251 e. The molecular formula is C22H30N2O2. The molecule has 2 aromatic rings. The van der Waals surface area contributed by atoms with Crippen molar-refractivity contribution in [3.8, 4) is 5.75 Å². The maximum atomic E-state index is 12.5. The molecule has 0 saturated heterocycles. The number of carbonyl (C=O) groups excluding carboxylic acids is 1. The monoisotopic (exact) mass is 354 g/mol. The second kappa shape index (κ2) is 8.37. The van der Waals surface area contributed by atoms with Crippen LogP contribution in [-0.2, 0) is 5.41 Å². The number of hydrogen-bond acceptors (Lipinski definition) is 3. The quantitative estimate of drug-likeness (QED) is 0.852.